The highest BCUT2D eigenvalue weighted by Crippen LogP contribution is 2.22. The second-order valence-corrected chi connectivity index (χ2v) is 6.12. The fourth-order valence-electron chi connectivity index (χ4n) is 2.18. The maximum atomic E-state index is 11.8. The number of halogens is 1. The SMILES string of the molecule is Cc1cccc(C)c1OCC(=O)OCC(=O)NNC(=O)c1ccc(Cl)cc1. The number of aryl methyl sites for hydroxylation is 2. The van der Waals surface area contributed by atoms with Crippen molar-refractivity contribution in [3.05, 3.63) is 64.2 Å². The van der Waals surface area contributed by atoms with E-state index < -0.39 is 24.4 Å². The van der Waals surface area contributed by atoms with Gasteiger partial charge in [-0.2, -0.15) is 0 Å². The Hall–Kier alpha value is -3.06. The molecule has 0 aliphatic heterocycles. The maximum Gasteiger partial charge on any atom is 0.344 e. The molecule has 0 bridgehead atoms. The number of hydrogen-bond acceptors (Lipinski definition) is 5. The average molecular weight is 391 g/mol. The Morgan fingerprint density at radius 2 is 1.56 bits per heavy atom. The van der Waals surface area contributed by atoms with Gasteiger partial charge in [-0.15, -0.1) is 0 Å². The molecule has 7 nitrogen and oxygen atoms in total. The first-order valence-electron chi connectivity index (χ1n) is 8.06. The van der Waals surface area contributed by atoms with Crippen molar-refractivity contribution in [1.29, 1.82) is 0 Å². The Morgan fingerprint density at radius 3 is 2.19 bits per heavy atom. The van der Waals surface area contributed by atoms with Gasteiger partial charge in [0.25, 0.3) is 11.8 Å². The number of hydrazine groups is 1. The molecular weight excluding hydrogens is 372 g/mol. The van der Waals surface area contributed by atoms with Crippen LogP contribution in [-0.2, 0) is 14.3 Å². The molecule has 0 atom stereocenters. The molecule has 0 fully saturated rings. The Kier molecular flexibility index (Phi) is 7.19. The van der Waals surface area contributed by atoms with Gasteiger partial charge in [-0.3, -0.25) is 20.4 Å². The fourth-order valence-corrected chi connectivity index (χ4v) is 2.31. The molecule has 0 saturated carbocycles. The van der Waals surface area contributed by atoms with Crippen LogP contribution in [0.15, 0.2) is 42.5 Å². The first-order chi connectivity index (χ1) is 12.9. The van der Waals surface area contributed by atoms with E-state index in [9.17, 15) is 14.4 Å². The molecule has 2 amide bonds. The molecular formula is C19H19ClN2O5. The van der Waals surface area contributed by atoms with Gasteiger partial charge in [0.1, 0.15) is 5.75 Å². The summed E-state index contributed by atoms with van der Waals surface area (Å²) in [5.74, 6) is -1.30. The lowest BCUT2D eigenvalue weighted by molar-refractivity contribution is -0.150. The molecule has 0 heterocycles. The first kappa shape index (κ1) is 20.3. The highest BCUT2D eigenvalue weighted by atomic mass is 35.5. The molecule has 0 spiro atoms. The summed E-state index contributed by atoms with van der Waals surface area (Å²) in [5, 5.41) is 0.491. The van der Waals surface area contributed by atoms with Crippen LogP contribution in [0.2, 0.25) is 5.02 Å². The highest BCUT2D eigenvalue weighted by molar-refractivity contribution is 6.30. The van der Waals surface area contributed by atoms with Crippen molar-refractivity contribution in [2.45, 2.75) is 13.8 Å². The number of carbonyl (C=O) groups is 3. The van der Waals surface area contributed by atoms with E-state index in [0.29, 0.717) is 16.3 Å². The lowest BCUT2D eigenvalue weighted by Crippen LogP contribution is -2.43. The van der Waals surface area contributed by atoms with Crippen LogP contribution in [0.25, 0.3) is 0 Å². The molecule has 0 unspecified atom stereocenters. The predicted octanol–water partition coefficient (Wildman–Crippen LogP) is 2.34. The normalized spacial score (nSPS) is 10.0. The van der Waals surface area contributed by atoms with Crippen LogP contribution in [-0.4, -0.2) is 31.0 Å². The Labute approximate surface area is 161 Å². The molecule has 0 aromatic heterocycles. The largest absolute Gasteiger partial charge is 0.481 e. The second-order valence-electron chi connectivity index (χ2n) is 5.68. The lowest BCUT2D eigenvalue weighted by Gasteiger charge is -2.11. The van der Waals surface area contributed by atoms with Crippen LogP contribution in [0.5, 0.6) is 5.75 Å². The summed E-state index contributed by atoms with van der Waals surface area (Å²) in [5.41, 5.74) is 6.47. The number of benzene rings is 2. The second kappa shape index (κ2) is 9.59. The summed E-state index contributed by atoms with van der Waals surface area (Å²) in [6.45, 7) is 2.86. The number of rotatable bonds is 6. The van der Waals surface area contributed by atoms with Crippen LogP contribution in [0.4, 0.5) is 0 Å². The average Bonchev–Trinajstić information content (AvgIpc) is 2.64. The van der Waals surface area contributed by atoms with Gasteiger partial charge in [0, 0.05) is 10.6 Å². The minimum atomic E-state index is -0.697. The monoisotopic (exact) mass is 390 g/mol. The van der Waals surface area contributed by atoms with Gasteiger partial charge < -0.3 is 9.47 Å². The zero-order valence-electron chi connectivity index (χ0n) is 14.9. The van der Waals surface area contributed by atoms with Gasteiger partial charge in [-0.25, -0.2) is 4.79 Å². The minimum Gasteiger partial charge on any atom is -0.481 e. The van der Waals surface area contributed by atoms with Crippen molar-refractivity contribution in [2.24, 2.45) is 0 Å². The third-order valence-electron chi connectivity index (χ3n) is 3.53. The molecule has 0 aliphatic carbocycles. The topological polar surface area (TPSA) is 93.7 Å². The van der Waals surface area contributed by atoms with Crippen molar-refractivity contribution in [1.82, 2.24) is 10.9 Å². The van der Waals surface area contributed by atoms with Crippen LogP contribution >= 0.6 is 11.6 Å². The van der Waals surface area contributed by atoms with E-state index in [1.54, 1.807) is 12.1 Å². The van der Waals surface area contributed by atoms with E-state index in [-0.39, 0.29) is 6.61 Å². The maximum absolute atomic E-state index is 11.8. The highest BCUT2D eigenvalue weighted by Gasteiger charge is 2.12. The van der Waals surface area contributed by atoms with Crippen molar-refractivity contribution in [2.75, 3.05) is 13.2 Å². The summed E-state index contributed by atoms with van der Waals surface area (Å²) >= 11 is 5.74. The molecule has 0 aliphatic rings. The molecule has 2 rings (SSSR count). The van der Waals surface area contributed by atoms with E-state index >= 15 is 0 Å². The third-order valence-corrected chi connectivity index (χ3v) is 3.78. The third kappa shape index (κ3) is 6.31. The quantitative estimate of drug-likeness (QED) is 0.583. The number of esters is 1. The van der Waals surface area contributed by atoms with Gasteiger partial charge in [0.2, 0.25) is 0 Å². The van der Waals surface area contributed by atoms with Crippen molar-refractivity contribution in [3.63, 3.8) is 0 Å². The zero-order chi connectivity index (χ0) is 19.8. The number of amides is 2. The smallest absolute Gasteiger partial charge is 0.344 e. The summed E-state index contributed by atoms with van der Waals surface area (Å²) in [4.78, 5) is 35.2. The van der Waals surface area contributed by atoms with E-state index in [1.165, 1.54) is 12.1 Å². The van der Waals surface area contributed by atoms with E-state index in [4.69, 9.17) is 21.1 Å². The molecule has 2 aromatic carbocycles. The Bertz CT molecular complexity index is 816. The summed E-state index contributed by atoms with van der Waals surface area (Å²) in [6, 6.07) is 11.7. The van der Waals surface area contributed by atoms with Gasteiger partial charge in [-0.1, -0.05) is 29.8 Å². The molecule has 0 saturated heterocycles. The summed E-state index contributed by atoms with van der Waals surface area (Å²) in [6.07, 6.45) is 0. The fraction of sp³-hybridized carbons (Fsp3) is 0.211. The standard InChI is InChI=1S/C19H19ClN2O5/c1-12-4-3-5-13(2)18(12)27-11-17(24)26-10-16(23)21-22-19(25)14-6-8-15(20)9-7-14/h3-9H,10-11H2,1-2H3,(H,21,23)(H,22,25). The lowest BCUT2D eigenvalue weighted by atomic mass is 10.1. The number of carbonyl (C=O) groups excluding carboxylic acids is 3. The first-order valence-corrected chi connectivity index (χ1v) is 8.44. The Balaban J connectivity index is 1.71. The number of para-hydroxylation sites is 1. The van der Waals surface area contributed by atoms with Crippen LogP contribution in [0, 0.1) is 13.8 Å². The van der Waals surface area contributed by atoms with Gasteiger partial charge in [0.15, 0.2) is 13.2 Å². The molecule has 0 radical (unpaired) electrons. The zero-order valence-corrected chi connectivity index (χ0v) is 15.6. The van der Waals surface area contributed by atoms with Crippen molar-refractivity contribution < 1.29 is 23.9 Å². The van der Waals surface area contributed by atoms with E-state index in [2.05, 4.69) is 10.9 Å². The number of hydrogen-bond donors (Lipinski definition) is 2. The van der Waals surface area contributed by atoms with Crippen LogP contribution in [0.1, 0.15) is 21.5 Å². The molecule has 2 N–H and O–H groups in total. The van der Waals surface area contributed by atoms with Gasteiger partial charge in [0.05, 0.1) is 0 Å². The van der Waals surface area contributed by atoms with E-state index in [1.807, 2.05) is 32.0 Å². The summed E-state index contributed by atoms with van der Waals surface area (Å²) in [7, 11) is 0. The van der Waals surface area contributed by atoms with Crippen LogP contribution in [0.3, 0.4) is 0 Å². The Morgan fingerprint density at radius 1 is 0.926 bits per heavy atom. The molecule has 27 heavy (non-hydrogen) atoms. The minimum absolute atomic E-state index is 0.318. The van der Waals surface area contributed by atoms with Crippen LogP contribution < -0.4 is 15.6 Å². The molecule has 8 heteroatoms. The summed E-state index contributed by atoms with van der Waals surface area (Å²) < 4.78 is 10.3. The molecule has 2 aromatic rings. The number of nitrogens with one attached hydrogen (secondary N) is 2. The van der Waals surface area contributed by atoms with E-state index in [0.717, 1.165) is 11.1 Å². The predicted molar refractivity (Wildman–Crippen MR) is 99.4 cm³/mol. The number of ether oxygens (including phenoxy) is 2. The molecule has 142 valence electrons. The van der Waals surface area contributed by atoms with Crippen molar-refractivity contribution in [3.8, 4) is 5.75 Å². The van der Waals surface area contributed by atoms with Gasteiger partial charge >= 0.3 is 5.97 Å². The van der Waals surface area contributed by atoms with Gasteiger partial charge in [-0.05, 0) is 49.2 Å². The van der Waals surface area contributed by atoms with Crippen molar-refractivity contribution >= 4 is 29.4 Å².